The fourth-order valence-corrected chi connectivity index (χ4v) is 2.74. The Bertz CT molecular complexity index is 588. The Morgan fingerprint density at radius 3 is 2.88 bits per heavy atom. The van der Waals surface area contributed by atoms with E-state index in [-0.39, 0.29) is 5.69 Å². The van der Waals surface area contributed by atoms with Crippen molar-refractivity contribution in [3.63, 3.8) is 0 Å². The number of aryl methyl sites for hydroxylation is 1. The molecule has 0 unspecified atom stereocenters. The van der Waals surface area contributed by atoms with E-state index in [1.54, 1.807) is 0 Å². The van der Waals surface area contributed by atoms with E-state index in [1.165, 1.54) is 11.8 Å². The molecule has 0 bridgehead atoms. The van der Waals surface area contributed by atoms with Crippen molar-refractivity contribution in [2.24, 2.45) is 0 Å². The van der Waals surface area contributed by atoms with E-state index in [0.29, 0.717) is 6.42 Å². The summed E-state index contributed by atoms with van der Waals surface area (Å²) >= 11 is 1.53. The molecule has 0 aliphatic heterocycles. The topological polar surface area (TPSA) is 94.7 Å². The van der Waals surface area contributed by atoms with Gasteiger partial charge in [0.25, 0.3) is 0 Å². The number of aromatic amines is 2. The molecule has 88 valence electrons. The Hall–Kier alpha value is -1.76. The Morgan fingerprint density at radius 1 is 1.35 bits per heavy atom. The molecule has 1 aliphatic rings. The highest BCUT2D eigenvalue weighted by molar-refractivity contribution is 7.98. The van der Waals surface area contributed by atoms with Crippen molar-refractivity contribution in [3.8, 4) is 11.3 Å². The number of fused-ring (bicyclic) bond motifs is 3. The number of carboxylic acid groups (broad SMARTS) is 1. The molecule has 0 amide bonds. The smallest absolute Gasteiger partial charge is 0.354 e. The van der Waals surface area contributed by atoms with Gasteiger partial charge in [-0.1, -0.05) is 0 Å². The van der Waals surface area contributed by atoms with Crippen molar-refractivity contribution in [2.45, 2.75) is 17.9 Å². The molecule has 0 saturated carbocycles. The standard InChI is InChI=1S/C10H10N4O2S/c1-17-9-6-5(11-14-9)3-2-4-7(6)12-13-8(4)10(15)16/h2-3H2,1H3,(H,11,14)(H,12,13)(H,15,16). The Balaban J connectivity index is 2.23. The van der Waals surface area contributed by atoms with Crippen LogP contribution < -0.4 is 0 Å². The van der Waals surface area contributed by atoms with Gasteiger partial charge in [0.15, 0.2) is 0 Å². The molecular formula is C10H10N4O2S. The molecule has 2 aromatic heterocycles. The molecule has 3 rings (SSSR count). The molecule has 1 aliphatic carbocycles. The molecule has 0 radical (unpaired) electrons. The normalized spacial score (nSPS) is 13.2. The zero-order valence-electron chi connectivity index (χ0n) is 9.07. The lowest BCUT2D eigenvalue weighted by atomic mass is 9.94. The van der Waals surface area contributed by atoms with Gasteiger partial charge in [-0.25, -0.2) is 4.79 Å². The zero-order chi connectivity index (χ0) is 12.0. The SMILES string of the molecule is CSc1n[nH]c2c1-c1n[nH]c(C(=O)O)c1CC2. The number of aromatic nitrogens is 4. The molecule has 6 nitrogen and oxygen atoms in total. The number of carboxylic acids is 1. The van der Waals surface area contributed by atoms with Gasteiger partial charge in [0, 0.05) is 11.3 Å². The van der Waals surface area contributed by atoms with Gasteiger partial charge in [-0.3, -0.25) is 10.2 Å². The summed E-state index contributed by atoms with van der Waals surface area (Å²) in [5.41, 5.74) is 3.68. The number of thioether (sulfide) groups is 1. The first-order valence-electron chi connectivity index (χ1n) is 5.14. The molecule has 17 heavy (non-hydrogen) atoms. The molecule has 0 saturated heterocycles. The first-order chi connectivity index (χ1) is 8.22. The van der Waals surface area contributed by atoms with Crippen LogP contribution in [-0.4, -0.2) is 37.7 Å². The predicted octanol–water partition coefficient (Wildman–Crippen LogP) is 1.32. The van der Waals surface area contributed by atoms with E-state index in [1.807, 2.05) is 6.26 Å². The molecule has 0 atom stereocenters. The van der Waals surface area contributed by atoms with Crippen molar-refractivity contribution < 1.29 is 9.90 Å². The average molecular weight is 250 g/mol. The van der Waals surface area contributed by atoms with Crippen molar-refractivity contribution in [1.29, 1.82) is 0 Å². The molecule has 0 fully saturated rings. The van der Waals surface area contributed by atoms with Crippen LogP contribution in [0.25, 0.3) is 11.3 Å². The minimum absolute atomic E-state index is 0.193. The number of aromatic carboxylic acids is 1. The number of nitrogens with zero attached hydrogens (tertiary/aromatic N) is 2. The number of carbonyl (C=O) groups is 1. The van der Waals surface area contributed by atoms with Crippen LogP contribution in [0.1, 0.15) is 21.7 Å². The van der Waals surface area contributed by atoms with Crippen LogP contribution in [0.3, 0.4) is 0 Å². The third-order valence-electron chi connectivity index (χ3n) is 2.94. The van der Waals surface area contributed by atoms with Gasteiger partial charge in [-0.2, -0.15) is 10.2 Å². The van der Waals surface area contributed by atoms with Crippen LogP contribution in [-0.2, 0) is 12.8 Å². The predicted molar refractivity (Wildman–Crippen MR) is 62.3 cm³/mol. The van der Waals surface area contributed by atoms with Crippen LogP contribution in [0.5, 0.6) is 0 Å². The van der Waals surface area contributed by atoms with E-state index < -0.39 is 5.97 Å². The Labute approximate surface area is 101 Å². The van der Waals surface area contributed by atoms with Gasteiger partial charge < -0.3 is 5.11 Å². The van der Waals surface area contributed by atoms with E-state index >= 15 is 0 Å². The summed E-state index contributed by atoms with van der Waals surface area (Å²) < 4.78 is 0. The third kappa shape index (κ3) is 1.39. The van der Waals surface area contributed by atoms with Crippen molar-refractivity contribution in [2.75, 3.05) is 6.26 Å². The fourth-order valence-electron chi connectivity index (χ4n) is 2.17. The maximum absolute atomic E-state index is 11.0. The lowest BCUT2D eigenvalue weighted by molar-refractivity contribution is 0.0689. The molecular weight excluding hydrogens is 240 g/mol. The minimum Gasteiger partial charge on any atom is -0.477 e. The number of nitrogens with one attached hydrogen (secondary N) is 2. The molecule has 2 aromatic rings. The monoisotopic (exact) mass is 250 g/mol. The van der Waals surface area contributed by atoms with E-state index in [4.69, 9.17) is 5.11 Å². The molecule has 3 N–H and O–H groups in total. The summed E-state index contributed by atoms with van der Waals surface area (Å²) in [6.45, 7) is 0. The Kier molecular flexibility index (Phi) is 2.22. The number of hydrogen-bond acceptors (Lipinski definition) is 4. The van der Waals surface area contributed by atoms with Crippen molar-refractivity contribution in [1.82, 2.24) is 20.4 Å². The lowest BCUT2D eigenvalue weighted by Gasteiger charge is -2.11. The van der Waals surface area contributed by atoms with Gasteiger partial charge in [-0.15, -0.1) is 11.8 Å². The summed E-state index contributed by atoms with van der Waals surface area (Å²) in [6.07, 6.45) is 3.39. The zero-order valence-corrected chi connectivity index (χ0v) is 9.89. The number of hydrogen-bond donors (Lipinski definition) is 3. The second-order valence-electron chi connectivity index (χ2n) is 3.82. The highest BCUT2D eigenvalue weighted by Gasteiger charge is 2.28. The maximum Gasteiger partial charge on any atom is 0.354 e. The largest absolute Gasteiger partial charge is 0.477 e. The van der Waals surface area contributed by atoms with Crippen LogP contribution in [0.2, 0.25) is 0 Å². The highest BCUT2D eigenvalue weighted by atomic mass is 32.2. The van der Waals surface area contributed by atoms with E-state index in [2.05, 4.69) is 20.4 Å². The van der Waals surface area contributed by atoms with Gasteiger partial charge in [0.1, 0.15) is 16.4 Å². The summed E-state index contributed by atoms with van der Waals surface area (Å²) in [5.74, 6) is -0.962. The van der Waals surface area contributed by atoms with Gasteiger partial charge in [0.05, 0.1) is 5.56 Å². The minimum atomic E-state index is -0.962. The van der Waals surface area contributed by atoms with Gasteiger partial charge in [0.2, 0.25) is 0 Å². The summed E-state index contributed by atoms with van der Waals surface area (Å²) in [7, 11) is 0. The van der Waals surface area contributed by atoms with Crippen LogP contribution in [0.4, 0.5) is 0 Å². The quantitative estimate of drug-likeness (QED) is 0.699. The third-order valence-corrected chi connectivity index (χ3v) is 3.63. The van der Waals surface area contributed by atoms with Gasteiger partial charge >= 0.3 is 5.97 Å². The van der Waals surface area contributed by atoms with Crippen LogP contribution >= 0.6 is 11.8 Å². The van der Waals surface area contributed by atoms with Crippen LogP contribution in [0, 0.1) is 0 Å². The Morgan fingerprint density at radius 2 is 2.18 bits per heavy atom. The second-order valence-corrected chi connectivity index (χ2v) is 4.61. The van der Waals surface area contributed by atoms with Crippen LogP contribution in [0.15, 0.2) is 5.03 Å². The summed E-state index contributed by atoms with van der Waals surface area (Å²) in [5, 5.41) is 23.8. The highest BCUT2D eigenvalue weighted by Crippen LogP contribution is 2.37. The first-order valence-corrected chi connectivity index (χ1v) is 6.37. The fraction of sp³-hybridized carbons (Fsp3) is 0.300. The second kappa shape index (κ2) is 3.63. The van der Waals surface area contributed by atoms with E-state index in [9.17, 15) is 4.79 Å². The lowest BCUT2D eigenvalue weighted by Crippen LogP contribution is -2.07. The number of rotatable bonds is 2. The van der Waals surface area contributed by atoms with Crippen molar-refractivity contribution in [3.05, 3.63) is 17.0 Å². The number of H-pyrrole nitrogens is 2. The molecule has 2 heterocycles. The molecule has 0 spiro atoms. The van der Waals surface area contributed by atoms with E-state index in [0.717, 1.165) is 34.0 Å². The summed E-state index contributed by atoms with van der Waals surface area (Å²) in [4.78, 5) is 11.0. The van der Waals surface area contributed by atoms with Gasteiger partial charge in [-0.05, 0) is 19.1 Å². The van der Waals surface area contributed by atoms with Crippen molar-refractivity contribution >= 4 is 17.7 Å². The first kappa shape index (κ1) is 10.4. The molecule has 7 heteroatoms. The summed E-state index contributed by atoms with van der Waals surface area (Å²) in [6, 6.07) is 0. The maximum atomic E-state index is 11.0. The average Bonchev–Trinajstić information content (AvgIpc) is 2.91. The molecule has 0 aromatic carbocycles.